The molecule has 0 nitrogen and oxygen atoms in total. The summed E-state index contributed by atoms with van der Waals surface area (Å²) in [6, 6.07) is 22.0. The summed E-state index contributed by atoms with van der Waals surface area (Å²) < 4.78 is 0. The molecule has 0 N–H and O–H groups in total. The Morgan fingerprint density at radius 1 is 0.700 bits per heavy atom. The second kappa shape index (κ2) is 5.64. The van der Waals surface area contributed by atoms with E-state index in [0.717, 1.165) is 0 Å². The van der Waals surface area contributed by atoms with E-state index in [1.165, 1.54) is 27.1 Å². The van der Waals surface area contributed by atoms with Crippen molar-refractivity contribution in [1.82, 2.24) is 0 Å². The average molecular weight is 278 g/mol. The van der Waals surface area contributed by atoms with Gasteiger partial charge >= 0.3 is 0 Å². The maximum Gasteiger partial charge on any atom is 0.0342 e. The Bertz CT molecular complexity index is 659. The third-order valence-corrected chi connectivity index (χ3v) is 4.52. The lowest BCUT2D eigenvalue weighted by Crippen LogP contribution is -1.86. The van der Waals surface area contributed by atoms with E-state index in [1.807, 2.05) is 0 Å². The van der Waals surface area contributed by atoms with Gasteiger partial charge in [-0.05, 0) is 39.6 Å². The first-order valence-corrected chi connectivity index (χ1v) is 7.86. The smallest absolute Gasteiger partial charge is 0.0342 e. The molecule has 1 heteroatoms. The van der Waals surface area contributed by atoms with Crippen molar-refractivity contribution < 1.29 is 0 Å². The van der Waals surface area contributed by atoms with Gasteiger partial charge in [-0.2, -0.15) is 0 Å². The largest absolute Gasteiger partial charge is 0.144 e. The maximum atomic E-state index is 2.23. The van der Waals surface area contributed by atoms with Crippen molar-refractivity contribution in [3.05, 3.63) is 71.6 Å². The van der Waals surface area contributed by atoms with Gasteiger partial charge < -0.3 is 0 Å². The Morgan fingerprint density at radius 2 is 1.25 bits per heavy atom. The monoisotopic (exact) mass is 278 g/mol. The van der Waals surface area contributed by atoms with E-state index < -0.39 is 0 Å². The molecule has 0 radical (unpaired) electrons. The van der Waals surface area contributed by atoms with E-state index in [4.69, 9.17) is 0 Å². The molecule has 20 heavy (non-hydrogen) atoms. The molecule has 3 aromatic rings. The van der Waals surface area contributed by atoms with Gasteiger partial charge in [-0.25, -0.2) is 0 Å². The molecule has 0 spiro atoms. The Kier molecular flexibility index (Phi) is 3.70. The fraction of sp³-hybridized carbons (Fsp3) is 0.158. The summed E-state index contributed by atoms with van der Waals surface area (Å²) in [5.41, 5.74) is 5.25. The standard InChI is InChI=1S/C19H18S/c1-14(2)15-5-7-16(8-6-15)17-9-11-18(12-10-17)19-4-3-13-20-19/h3-14H,1-2H3. The van der Waals surface area contributed by atoms with Gasteiger partial charge in [0.25, 0.3) is 0 Å². The summed E-state index contributed by atoms with van der Waals surface area (Å²) >= 11 is 1.78. The van der Waals surface area contributed by atoms with Crippen molar-refractivity contribution in [2.45, 2.75) is 19.8 Å². The molecule has 2 aromatic carbocycles. The molecule has 3 rings (SSSR count). The van der Waals surface area contributed by atoms with Gasteiger partial charge in [0.1, 0.15) is 0 Å². The molecule has 1 heterocycles. The van der Waals surface area contributed by atoms with Gasteiger partial charge in [0, 0.05) is 4.88 Å². The molecule has 0 saturated carbocycles. The van der Waals surface area contributed by atoms with Crippen LogP contribution in [0.5, 0.6) is 0 Å². The van der Waals surface area contributed by atoms with Crippen LogP contribution in [0.25, 0.3) is 21.6 Å². The van der Waals surface area contributed by atoms with Crippen molar-refractivity contribution >= 4 is 11.3 Å². The molecular weight excluding hydrogens is 260 g/mol. The molecule has 0 unspecified atom stereocenters. The van der Waals surface area contributed by atoms with Crippen LogP contribution >= 0.6 is 11.3 Å². The van der Waals surface area contributed by atoms with Crippen LogP contribution in [-0.2, 0) is 0 Å². The van der Waals surface area contributed by atoms with Gasteiger partial charge in [-0.15, -0.1) is 11.3 Å². The SMILES string of the molecule is CC(C)c1ccc(-c2ccc(-c3cccs3)cc2)cc1. The lowest BCUT2D eigenvalue weighted by atomic mass is 9.98. The first kappa shape index (κ1) is 13.1. The minimum atomic E-state index is 0.588. The Morgan fingerprint density at radius 3 is 1.75 bits per heavy atom. The summed E-state index contributed by atoms with van der Waals surface area (Å²) in [5.74, 6) is 0.588. The molecule has 0 atom stereocenters. The number of rotatable bonds is 3. The highest BCUT2D eigenvalue weighted by atomic mass is 32.1. The van der Waals surface area contributed by atoms with E-state index in [1.54, 1.807) is 11.3 Å². The molecule has 0 aliphatic rings. The predicted molar refractivity (Wildman–Crippen MR) is 89.3 cm³/mol. The lowest BCUT2D eigenvalue weighted by Gasteiger charge is -2.07. The third kappa shape index (κ3) is 2.68. The van der Waals surface area contributed by atoms with Crippen molar-refractivity contribution in [2.75, 3.05) is 0 Å². The quantitative estimate of drug-likeness (QED) is 0.534. The highest BCUT2D eigenvalue weighted by Gasteiger charge is 2.02. The number of thiophene rings is 1. The Hall–Kier alpha value is -1.86. The Labute approximate surface area is 124 Å². The van der Waals surface area contributed by atoms with E-state index >= 15 is 0 Å². The van der Waals surface area contributed by atoms with E-state index in [2.05, 4.69) is 79.9 Å². The van der Waals surface area contributed by atoms with Crippen LogP contribution in [0.15, 0.2) is 66.0 Å². The zero-order valence-electron chi connectivity index (χ0n) is 11.8. The summed E-state index contributed by atoms with van der Waals surface area (Å²) in [6.07, 6.45) is 0. The predicted octanol–water partition coefficient (Wildman–Crippen LogP) is 6.21. The van der Waals surface area contributed by atoms with Crippen LogP contribution in [0.2, 0.25) is 0 Å². The molecule has 100 valence electrons. The van der Waals surface area contributed by atoms with Gasteiger partial charge in [0.2, 0.25) is 0 Å². The second-order valence-electron chi connectivity index (χ2n) is 5.33. The highest BCUT2D eigenvalue weighted by molar-refractivity contribution is 7.13. The molecule has 0 fully saturated rings. The number of hydrogen-bond donors (Lipinski definition) is 0. The molecule has 0 saturated heterocycles. The molecule has 0 aliphatic carbocycles. The first-order valence-electron chi connectivity index (χ1n) is 6.98. The zero-order valence-corrected chi connectivity index (χ0v) is 12.7. The summed E-state index contributed by atoms with van der Waals surface area (Å²) in [5, 5.41) is 2.12. The summed E-state index contributed by atoms with van der Waals surface area (Å²) in [7, 11) is 0. The molecular formula is C19H18S. The van der Waals surface area contributed by atoms with E-state index in [0.29, 0.717) is 5.92 Å². The van der Waals surface area contributed by atoms with Gasteiger partial charge in [-0.3, -0.25) is 0 Å². The average Bonchev–Trinajstić information content (AvgIpc) is 3.02. The van der Waals surface area contributed by atoms with Crippen molar-refractivity contribution in [2.24, 2.45) is 0 Å². The van der Waals surface area contributed by atoms with Crippen LogP contribution in [0.4, 0.5) is 0 Å². The van der Waals surface area contributed by atoms with Crippen LogP contribution in [0.3, 0.4) is 0 Å². The zero-order chi connectivity index (χ0) is 13.9. The van der Waals surface area contributed by atoms with Gasteiger partial charge in [0.15, 0.2) is 0 Å². The lowest BCUT2D eigenvalue weighted by molar-refractivity contribution is 0.867. The molecule has 1 aromatic heterocycles. The Balaban J connectivity index is 1.87. The topological polar surface area (TPSA) is 0 Å². The minimum absolute atomic E-state index is 0.588. The maximum absolute atomic E-state index is 2.23. The van der Waals surface area contributed by atoms with Gasteiger partial charge in [0.05, 0.1) is 0 Å². The van der Waals surface area contributed by atoms with E-state index in [-0.39, 0.29) is 0 Å². The normalized spacial score (nSPS) is 10.9. The van der Waals surface area contributed by atoms with E-state index in [9.17, 15) is 0 Å². The fourth-order valence-electron chi connectivity index (χ4n) is 2.33. The summed E-state index contributed by atoms with van der Waals surface area (Å²) in [6.45, 7) is 4.45. The molecule has 0 aliphatic heterocycles. The van der Waals surface area contributed by atoms with Crippen molar-refractivity contribution in [3.8, 4) is 21.6 Å². The number of hydrogen-bond acceptors (Lipinski definition) is 1. The van der Waals surface area contributed by atoms with Crippen molar-refractivity contribution in [3.63, 3.8) is 0 Å². The fourth-order valence-corrected chi connectivity index (χ4v) is 3.06. The second-order valence-corrected chi connectivity index (χ2v) is 6.28. The summed E-state index contributed by atoms with van der Waals surface area (Å²) in [4.78, 5) is 1.33. The molecule has 0 amide bonds. The van der Waals surface area contributed by atoms with Crippen LogP contribution in [-0.4, -0.2) is 0 Å². The number of benzene rings is 2. The van der Waals surface area contributed by atoms with Crippen molar-refractivity contribution in [1.29, 1.82) is 0 Å². The van der Waals surface area contributed by atoms with Crippen LogP contribution in [0.1, 0.15) is 25.3 Å². The minimum Gasteiger partial charge on any atom is -0.144 e. The first-order chi connectivity index (χ1) is 9.74. The molecule has 0 bridgehead atoms. The highest BCUT2D eigenvalue weighted by Crippen LogP contribution is 2.28. The van der Waals surface area contributed by atoms with Gasteiger partial charge in [-0.1, -0.05) is 68.4 Å². The van der Waals surface area contributed by atoms with Crippen LogP contribution < -0.4 is 0 Å². The third-order valence-electron chi connectivity index (χ3n) is 3.60. The van der Waals surface area contributed by atoms with Crippen LogP contribution in [0, 0.1) is 0 Å².